The maximum atomic E-state index is 7.22. The molecule has 1 unspecified atom stereocenters. The molecule has 0 amide bonds. The smallest absolute Gasteiger partial charge is 0.125 e. The van der Waals surface area contributed by atoms with E-state index < -0.39 is 6.98 Å². The van der Waals surface area contributed by atoms with Crippen molar-refractivity contribution >= 4 is 0 Å². The number of aryl methyl sites for hydroxylation is 1. The van der Waals surface area contributed by atoms with Gasteiger partial charge in [0.15, 0.2) is 0 Å². The van der Waals surface area contributed by atoms with Gasteiger partial charge in [-0.3, -0.25) is 0 Å². The second-order valence-electron chi connectivity index (χ2n) is 4.50. The molecule has 0 radical (unpaired) electrons. The van der Waals surface area contributed by atoms with Crippen LogP contribution in [-0.2, 0) is 0 Å². The van der Waals surface area contributed by atoms with Crippen molar-refractivity contribution in [3.8, 4) is 5.75 Å². The average Bonchev–Trinajstić information content (AvgIpc) is 2.48. The first-order chi connectivity index (χ1) is 10.5. The van der Waals surface area contributed by atoms with E-state index in [1.165, 1.54) is 0 Å². The van der Waals surface area contributed by atoms with Crippen LogP contribution in [0.15, 0.2) is 54.6 Å². The van der Waals surface area contributed by atoms with E-state index in [1.807, 2.05) is 61.5 Å². The first kappa shape index (κ1) is 10.0. The van der Waals surface area contributed by atoms with Gasteiger partial charge in [-0.1, -0.05) is 48.5 Å². The predicted octanol–water partition coefficient (Wildman–Crippen LogP) is 3.72. The molecule has 0 aromatic heterocycles. The third-order valence-electron chi connectivity index (χ3n) is 3.07. The summed E-state index contributed by atoms with van der Waals surface area (Å²) in [5, 5.41) is 2.54. The molecular weight excluding hydrogens is 234 g/mol. The molecule has 0 aliphatic carbocycles. The maximum Gasteiger partial charge on any atom is 0.125 e. The zero-order valence-corrected chi connectivity index (χ0v) is 11.1. The Labute approximate surface area is 119 Å². The van der Waals surface area contributed by atoms with Gasteiger partial charge in [-0.25, -0.2) is 0 Å². The molecule has 2 heteroatoms. The van der Waals surface area contributed by atoms with E-state index in [4.69, 9.17) is 8.85 Å². The lowest BCUT2D eigenvalue weighted by molar-refractivity contribution is 0.193. The highest BCUT2D eigenvalue weighted by Gasteiger charge is 2.13. The van der Waals surface area contributed by atoms with Crippen LogP contribution in [0, 0.1) is 6.92 Å². The Hall–Kier alpha value is -1.80. The average molecular weight is 258 g/mol. The molecule has 0 heterocycles. The van der Waals surface area contributed by atoms with Crippen LogP contribution in [0.3, 0.4) is 0 Å². The van der Waals surface area contributed by atoms with Gasteiger partial charge < -0.3 is 10.1 Å². The third-order valence-corrected chi connectivity index (χ3v) is 3.07. The van der Waals surface area contributed by atoms with Crippen LogP contribution in [-0.4, -0.2) is 13.5 Å². The van der Waals surface area contributed by atoms with Crippen molar-refractivity contribution in [2.75, 3.05) is 13.5 Å². The van der Waals surface area contributed by atoms with Crippen molar-refractivity contribution in [3.63, 3.8) is 0 Å². The van der Waals surface area contributed by atoms with Crippen molar-refractivity contribution in [1.29, 1.82) is 0 Å². The zero-order chi connectivity index (χ0) is 16.0. The van der Waals surface area contributed by atoms with Crippen molar-refractivity contribution < 1.29 is 8.85 Å². The van der Waals surface area contributed by atoms with Gasteiger partial charge in [0.05, 0.1) is 0 Å². The van der Waals surface area contributed by atoms with Crippen LogP contribution in [0.25, 0.3) is 0 Å². The Morgan fingerprint density at radius 1 is 1.11 bits per heavy atom. The summed E-state index contributed by atoms with van der Waals surface area (Å²) in [5.41, 5.74) is 2.10. The molecule has 0 aliphatic heterocycles. The van der Waals surface area contributed by atoms with Gasteiger partial charge in [-0.15, -0.1) is 0 Å². The standard InChI is InChI=1S/C17H21NO/c1-14-8-6-7-11-16(14)19-17(12-13-18-2)15-9-4-3-5-10-15/h3-11,17-18H,12-13H2,1-2H3/i2D3. The minimum absolute atomic E-state index is 0.183. The molecule has 19 heavy (non-hydrogen) atoms. The highest BCUT2D eigenvalue weighted by molar-refractivity contribution is 5.33. The molecule has 2 nitrogen and oxygen atoms in total. The fourth-order valence-corrected chi connectivity index (χ4v) is 2.01. The largest absolute Gasteiger partial charge is 0.485 e. The van der Waals surface area contributed by atoms with Crippen LogP contribution in [0.5, 0.6) is 5.75 Å². The normalized spacial score (nSPS) is 15.1. The number of rotatable bonds is 6. The quantitative estimate of drug-likeness (QED) is 0.852. The Balaban J connectivity index is 2.10. The van der Waals surface area contributed by atoms with E-state index in [-0.39, 0.29) is 6.10 Å². The SMILES string of the molecule is [2H]C([2H])([2H])NCCC(Oc1ccccc1C)c1ccccc1. The third kappa shape index (κ3) is 3.83. The number of hydrogen-bond donors (Lipinski definition) is 1. The van der Waals surface area contributed by atoms with Crippen LogP contribution >= 0.6 is 0 Å². The summed E-state index contributed by atoms with van der Waals surface area (Å²) >= 11 is 0. The van der Waals surface area contributed by atoms with Crippen molar-refractivity contribution in [2.24, 2.45) is 0 Å². The highest BCUT2D eigenvalue weighted by Crippen LogP contribution is 2.26. The summed E-state index contributed by atoms with van der Waals surface area (Å²) in [6, 6.07) is 17.7. The topological polar surface area (TPSA) is 21.3 Å². The van der Waals surface area contributed by atoms with E-state index >= 15 is 0 Å². The van der Waals surface area contributed by atoms with Crippen molar-refractivity contribution in [2.45, 2.75) is 19.4 Å². The van der Waals surface area contributed by atoms with Gasteiger partial charge in [-0.2, -0.15) is 0 Å². The Morgan fingerprint density at radius 3 is 2.58 bits per heavy atom. The molecule has 2 rings (SSSR count). The Morgan fingerprint density at radius 2 is 1.84 bits per heavy atom. The lowest BCUT2D eigenvalue weighted by Crippen LogP contribution is -2.16. The van der Waals surface area contributed by atoms with Crippen LogP contribution in [0.1, 0.15) is 27.8 Å². The van der Waals surface area contributed by atoms with Crippen LogP contribution in [0.2, 0.25) is 0 Å². The van der Waals surface area contributed by atoms with Crippen LogP contribution in [0.4, 0.5) is 0 Å². The van der Waals surface area contributed by atoms with E-state index in [0.29, 0.717) is 13.0 Å². The van der Waals surface area contributed by atoms with Crippen LogP contribution < -0.4 is 10.1 Å². The van der Waals surface area contributed by atoms with Crippen molar-refractivity contribution in [1.82, 2.24) is 5.32 Å². The fraction of sp³-hybridized carbons (Fsp3) is 0.294. The lowest BCUT2D eigenvalue weighted by atomic mass is 10.1. The first-order valence-electron chi connectivity index (χ1n) is 7.98. The molecule has 1 atom stereocenters. The molecule has 0 saturated heterocycles. The van der Waals surface area contributed by atoms with Crippen molar-refractivity contribution in [3.05, 3.63) is 65.7 Å². The summed E-state index contributed by atoms with van der Waals surface area (Å²) in [7, 11) is 0. The monoisotopic (exact) mass is 258 g/mol. The first-order valence-corrected chi connectivity index (χ1v) is 6.48. The van der Waals surface area contributed by atoms with Gasteiger partial charge in [0, 0.05) is 10.5 Å². The number of benzene rings is 2. The molecule has 2 aromatic rings. The highest BCUT2D eigenvalue weighted by atomic mass is 16.5. The summed E-state index contributed by atoms with van der Waals surface area (Å²) < 4.78 is 27.8. The maximum absolute atomic E-state index is 7.22. The Bertz CT molecular complexity index is 584. The predicted molar refractivity (Wildman–Crippen MR) is 79.5 cm³/mol. The van der Waals surface area contributed by atoms with Gasteiger partial charge >= 0.3 is 0 Å². The number of hydrogen-bond acceptors (Lipinski definition) is 2. The molecule has 0 aliphatic rings. The summed E-state index contributed by atoms with van der Waals surface area (Å²) in [5.74, 6) is 0.824. The summed E-state index contributed by atoms with van der Waals surface area (Å²) in [4.78, 5) is 0. The minimum Gasteiger partial charge on any atom is -0.485 e. The molecule has 0 spiro atoms. The second-order valence-corrected chi connectivity index (χ2v) is 4.50. The minimum atomic E-state index is -2.12. The molecule has 0 saturated carbocycles. The summed E-state index contributed by atoms with van der Waals surface area (Å²) in [6.45, 7) is 0.240. The number of ether oxygens (including phenoxy) is 1. The molecular formula is C17H21NO. The summed E-state index contributed by atoms with van der Waals surface area (Å²) in [6.07, 6.45) is 0.397. The molecule has 0 bridgehead atoms. The zero-order valence-electron chi connectivity index (χ0n) is 14.1. The fourth-order valence-electron chi connectivity index (χ4n) is 2.01. The van der Waals surface area contributed by atoms with E-state index in [0.717, 1.165) is 16.9 Å². The molecule has 0 fully saturated rings. The van der Waals surface area contributed by atoms with Gasteiger partial charge in [-0.05, 0) is 37.6 Å². The number of para-hydroxylation sites is 1. The molecule has 2 aromatic carbocycles. The second kappa shape index (κ2) is 6.95. The lowest BCUT2D eigenvalue weighted by Gasteiger charge is -2.20. The van der Waals surface area contributed by atoms with E-state index in [2.05, 4.69) is 5.32 Å². The Kier molecular flexibility index (Phi) is 3.68. The van der Waals surface area contributed by atoms with Gasteiger partial charge in [0.1, 0.15) is 11.9 Å². The van der Waals surface area contributed by atoms with Gasteiger partial charge in [0.25, 0.3) is 0 Å². The van der Waals surface area contributed by atoms with Gasteiger partial charge in [0.2, 0.25) is 0 Å². The van der Waals surface area contributed by atoms with E-state index in [9.17, 15) is 0 Å². The molecule has 100 valence electrons. The van der Waals surface area contributed by atoms with E-state index in [1.54, 1.807) is 0 Å². The molecule has 1 N–H and O–H groups in total. The number of nitrogens with one attached hydrogen (secondary N) is 1.